The van der Waals surface area contributed by atoms with E-state index in [-0.39, 0.29) is 23.4 Å². The van der Waals surface area contributed by atoms with Crippen LogP contribution in [-0.4, -0.2) is 85.2 Å². The maximum Gasteiger partial charge on any atom is 0.350 e. The molecule has 4 saturated heterocycles. The number of benzene rings is 4. The summed E-state index contributed by atoms with van der Waals surface area (Å²) in [5.74, 6) is 1.39. The van der Waals surface area contributed by atoms with Crippen molar-refractivity contribution >= 4 is 56.0 Å². The van der Waals surface area contributed by atoms with Crippen molar-refractivity contribution in [1.29, 1.82) is 0 Å². The second-order valence-electron chi connectivity index (χ2n) is 28.5. The molecule has 6 aliphatic rings. The molecule has 6 aliphatic heterocycles. The van der Waals surface area contributed by atoms with Crippen molar-refractivity contribution in [2.24, 2.45) is 0 Å². The highest BCUT2D eigenvalue weighted by atomic mass is 16.9. The zero-order valence-corrected chi connectivity index (χ0v) is 58.0. The van der Waals surface area contributed by atoms with E-state index >= 15 is 0 Å². The molecule has 98 heavy (non-hydrogen) atoms. The van der Waals surface area contributed by atoms with Gasteiger partial charge in [-0.15, -0.1) is 0 Å². The summed E-state index contributed by atoms with van der Waals surface area (Å²) >= 11 is 0. The zero-order valence-electron chi connectivity index (χ0n) is 58.0. The fraction of sp³-hybridized carbons (Fsp3) is 0.425. The number of fused-ring (bicyclic) bond motifs is 6. The SMILES string of the molecule is C/C(=C\COc1ccc2c(c1)OC1(C=C2)OC(CC/C(C)=C/COc2c3ccoc3cc3oc(=O)ccc23)C(C)(C)O1)CCC1OC1(C)C.C/C(=C\COc1cccc2c1C=CC1(O2)OC(CC/C(C)=C/COc2c3ccoc3cc3oc(=O)ccc23)C(C)(C)O1)CCC1OC1(C)C. The molecule has 4 aromatic carbocycles. The van der Waals surface area contributed by atoms with Crippen molar-refractivity contribution in [3.05, 3.63) is 188 Å². The second-order valence-corrected chi connectivity index (χ2v) is 28.5. The Morgan fingerprint density at radius 1 is 0.439 bits per heavy atom. The molecule has 0 radical (unpaired) electrons. The molecule has 8 aromatic rings. The normalized spacial score (nSPS) is 24.0. The molecular weight excluding hydrogens is 1250 g/mol. The number of ether oxygens (including phenoxy) is 12. The van der Waals surface area contributed by atoms with Gasteiger partial charge in [-0.3, -0.25) is 0 Å². The van der Waals surface area contributed by atoms with Crippen LogP contribution < -0.4 is 39.7 Å². The predicted octanol–water partition coefficient (Wildman–Crippen LogP) is 17.8. The summed E-state index contributed by atoms with van der Waals surface area (Å²) in [6.45, 7) is 26.7. The van der Waals surface area contributed by atoms with Crippen LogP contribution in [0.5, 0.6) is 34.5 Å². The Hall–Kier alpha value is -8.62. The molecule has 10 heterocycles. The summed E-state index contributed by atoms with van der Waals surface area (Å²) in [5, 5.41) is 3.08. The van der Waals surface area contributed by atoms with Crippen LogP contribution in [0.4, 0.5) is 0 Å². The van der Waals surface area contributed by atoms with Gasteiger partial charge in [-0.25, -0.2) is 9.59 Å². The van der Waals surface area contributed by atoms with Crippen molar-refractivity contribution in [3.8, 4) is 34.5 Å². The van der Waals surface area contributed by atoms with Gasteiger partial charge in [0.25, 0.3) is 0 Å². The molecule has 6 unspecified atom stereocenters. The van der Waals surface area contributed by atoms with E-state index in [1.807, 2.05) is 101 Å². The quantitative estimate of drug-likeness (QED) is 0.0313. The monoisotopic (exact) mass is 1340 g/mol. The van der Waals surface area contributed by atoms with Gasteiger partial charge in [-0.05, 0) is 219 Å². The highest BCUT2D eigenvalue weighted by Crippen LogP contribution is 2.49. The molecule has 14 rings (SSSR count). The summed E-state index contributed by atoms with van der Waals surface area (Å²) < 4.78 is 96.6. The Labute approximate surface area is 570 Å². The Balaban J connectivity index is 0.000000176. The summed E-state index contributed by atoms with van der Waals surface area (Å²) in [4.78, 5) is 23.6. The van der Waals surface area contributed by atoms with Crippen LogP contribution in [0.3, 0.4) is 0 Å². The molecule has 4 fully saturated rings. The Kier molecular flexibility index (Phi) is 18.9. The van der Waals surface area contributed by atoms with Gasteiger partial charge in [-0.2, -0.15) is 0 Å². The third-order valence-corrected chi connectivity index (χ3v) is 19.2. The molecule has 516 valence electrons. The summed E-state index contributed by atoms with van der Waals surface area (Å²) in [6.07, 6.45) is 26.5. The highest BCUT2D eigenvalue weighted by Gasteiger charge is 2.56. The molecule has 0 N–H and O–H groups in total. The Morgan fingerprint density at radius 3 is 1.35 bits per heavy atom. The predicted molar refractivity (Wildman–Crippen MR) is 374 cm³/mol. The van der Waals surface area contributed by atoms with E-state index < -0.39 is 34.4 Å². The number of furan rings is 2. The van der Waals surface area contributed by atoms with Gasteiger partial charge < -0.3 is 74.5 Å². The lowest BCUT2D eigenvalue weighted by atomic mass is 9.96. The maximum atomic E-state index is 11.8. The largest absolute Gasteiger partial charge is 0.489 e. The number of epoxide rings is 2. The lowest BCUT2D eigenvalue weighted by Gasteiger charge is -2.30. The van der Waals surface area contributed by atoms with Crippen LogP contribution in [0.25, 0.3) is 56.0 Å². The molecule has 4 aromatic heterocycles. The van der Waals surface area contributed by atoms with E-state index in [0.29, 0.717) is 84.0 Å². The van der Waals surface area contributed by atoms with Gasteiger partial charge in [0.2, 0.25) is 0 Å². The minimum atomic E-state index is -1.31. The van der Waals surface area contributed by atoms with E-state index in [1.165, 1.54) is 23.3 Å². The Bertz CT molecular complexity index is 4600. The fourth-order valence-electron chi connectivity index (χ4n) is 13.1. The van der Waals surface area contributed by atoms with Crippen LogP contribution in [0.15, 0.2) is 183 Å². The molecule has 0 bridgehead atoms. The number of hydrogen-bond acceptors (Lipinski definition) is 18. The number of allylic oxidation sites excluding steroid dienone is 4. The van der Waals surface area contributed by atoms with Crippen molar-refractivity contribution < 1.29 is 74.5 Å². The van der Waals surface area contributed by atoms with E-state index in [2.05, 4.69) is 79.7 Å². The van der Waals surface area contributed by atoms with Crippen LogP contribution in [0.1, 0.15) is 146 Å². The average molecular weight is 1340 g/mol. The molecular formula is C80H88O18. The highest BCUT2D eigenvalue weighted by molar-refractivity contribution is 6.02. The molecule has 18 heteroatoms. The van der Waals surface area contributed by atoms with Crippen LogP contribution in [0, 0.1) is 0 Å². The van der Waals surface area contributed by atoms with Crippen LogP contribution >= 0.6 is 0 Å². The first-order chi connectivity index (χ1) is 46.8. The van der Waals surface area contributed by atoms with Gasteiger partial charge >= 0.3 is 23.2 Å². The first kappa shape index (κ1) is 67.9. The molecule has 0 aliphatic carbocycles. The molecule has 0 amide bonds. The van der Waals surface area contributed by atoms with E-state index in [1.54, 1.807) is 36.8 Å². The summed E-state index contributed by atoms with van der Waals surface area (Å²) in [6, 6.07) is 25.0. The molecule has 0 saturated carbocycles. The first-order valence-electron chi connectivity index (χ1n) is 34.0. The topological polar surface area (TPSA) is 204 Å². The van der Waals surface area contributed by atoms with Gasteiger partial charge in [0.15, 0.2) is 0 Å². The lowest BCUT2D eigenvalue weighted by molar-refractivity contribution is -0.271. The number of hydrogen-bond donors (Lipinski definition) is 0. The molecule has 18 nitrogen and oxygen atoms in total. The molecule has 6 atom stereocenters. The minimum absolute atomic E-state index is 0.0230. The average Bonchev–Trinajstić information content (AvgIpc) is 1.59. The number of rotatable bonds is 24. The summed E-state index contributed by atoms with van der Waals surface area (Å²) in [5.41, 5.74) is 6.74. The Morgan fingerprint density at radius 2 is 0.867 bits per heavy atom. The van der Waals surface area contributed by atoms with Gasteiger partial charge in [0.1, 0.15) is 83.3 Å². The smallest absolute Gasteiger partial charge is 0.350 e. The summed E-state index contributed by atoms with van der Waals surface area (Å²) in [7, 11) is 0. The van der Waals surface area contributed by atoms with Crippen molar-refractivity contribution in [3.63, 3.8) is 0 Å². The zero-order chi connectivity index (χ0) is 68.8. The van der Waals surface area contributed by atoms with Crippen LogP contribution in [-0.2, 0) is 28.4 Å². The third kappa shape index (κ3) is 15.3. The van der Waals surface area contributed by atoms with Crippen molar-refractivity contribution in [2.75, 3.05) is 26.4 Å². The molecule has 2 spiro atoms. The third-order valence-electron chi connectivity index (χ3n) is 19.2. The van der Waals surface area contributed by atoms with Gasteiger partial charge in [0.05, 0.1) is 86.5 Å². The second kappa shape index (κ2) is 27.2. The lowest BCUT2D eigenvalue weighted by Crippen LogP contribution is -2.38. The van der Waals surface area contributed by atoms with E-state index in [0.717, 1.165) is 107 Å². The van der Waals surface area contributed by atoms with Gasteiger partial charge in [0, 0.05) is 48.0 Å². The maximum absolute atomic E-state index is 11.8. The van der Waals surface area contributed by atoms with Crippen molar-refractivity contribution in [2.45, 2.75) is 193 Å². The first-order valence-corrected chi connectivity index (χ1v) is 34.0. The van der Waals surface area contributed by atoms with Crippen molar-refractivity contribution in [1.82, 2.24) is 0 Å². The van der Waals surface area contributed by atoms with Gasteiger partial charge in [-0.1, -0.05) is 28.4 Å². The van der Waals surface area contributed by atoms with Crippen LogP contribution in [0.2, 0.25) is 0 Å². The fourth-order valence-corrected chi connectivity index (χ4v) is 13.1. The standard InChI is InChI=1S/2C40H44O9/c1-25(7-12-34-38(3,4)47-34)16-20-42-28-10-9-27-15-19-40(46-31(27)23-28)48-35(39(5,6)49-40)13-8-26(2)17-21-44-37-29-11-14-36(41)45-33(29)24-32-30(37)18-22-43-32;1-25(10-13-34-38(3,4)47-34)17-21-42-30-8-7-9-31-27(30)16-20-40(46-31)48-35(39(5,6)49-40)14-11-26(2)18-22-44-37-28-12-15-36(41)45-33(28)24-32-29(37)19-23-43-32/h9-11,14-19,22-24,34-35H,7-8,12-13,20-21H2,1-6H3;7-9,12,15-20,23-24,34-35H,10-11,13-14,21-22H2,1-6H3/b25-16+,26-17+;25-17+,26-18+. The van der Waals surface area contributed by atoms with E-state index in [4.69, 9.17) is 74.5 Å². The minimum Gasteiger partial charge on any atom is -0.489 e. The van der Waals surface area contributed by atoms with E-state index in [9.17, 15) is 9.59 Å².